The maximum Gasteiger partial charge on any atom is 0.144 e. The molecule has 1 aliphatic rings. The van der Waals surface area contributed by atoms with Gasteiger partial charge in [-0.15, -0.1) is 0 Å². The van der Waals surface area contributed by atoms with E-state index in [1.165, 1.54) is 19.0 Å². The molecular weight excluding hydrogens is 326 g/mol. The average molecular weight is 353 g/mol. The Morgan fingerprint density at radius 3 is 2.85 bits per heavy atom. The Balaban J connectivity index is 1.85. The van der Waals surface area contributed by atoms with Crippen molar-refractivity contribution in [2.75, 3.05) is 7.11 Å². The van der Waals surface area contributed by atoms with Crippen LogP contribution in [0.2, 0.25) is 0 Å². The second kappa shape index (κ2) is 8.08. The Morgan fingerprint density at radius 2 is 2.15 bits per heavy atom. The van der Waals surface area contributed by atoms with Gasteiger partial charge in [-0.3, -0.25) is 5.10 Å². The lowest BCUT2D eigenvalue weighted by atomic mass is 9.87. The highest BCUT2D eigenvalue weighted by atomic mass is 16.5. The largest absolute Gasteiger partial charge is 0.494 e. The minimum atomic E-state index is 0.432. The number of aliphatic imine (C=N–C) groups is 1. The van der Waals surface area contributed by atoms with Gasteiger partial charge in [0.1, 0.15) is 22.8 Å². The number of para-hydroxylation sites is 1. The quantitative estimate of drug-likeness (QED) is 0.694. The molecule has 0 amide bonds. The summed E-state index contributed by atoms with van der Waals surface area (Å²) in [5, 5.41) is 11.8. The number of allylic oxidation sites excluding steroid dienone is 1. The van der Waals surface area contributed by atoms with Crippen LogP contribution in [0.25, 0.3) is 10.9 Å². The molecule has 3 rings (SSSR count). The number of rotatable bonds is 6. The van der Waals surface area contributed by atoms with Gasteiger partial charge in [0.25, 0.3) is 0 Å². The summed E-state index contributed by atoms with van der Waals surface area (Å²) in [7, 11) is 1.64. The van der Waals surface area contributed by atoms with Crippen LogP contribution in [0.3, 0.4) is 0 Å². The fraction of sp³-hybridized carbons (Fsp3) is 0.400. The van der Waals surface area contributed by atoms with Crippen LogP contribution in [0.5, 0.6) is 5.75 Å². The summed E-state index contributed by atoms with van der Waals surface area (Å²) < 4.78 is 5.39. The van der Waals surface area contributed by atoms with Gasteiger partial charge in [0.05, 0.1) is 12.8 Å². The summed E-state index contributed by atoms with van der Waals surface area (Å²) in [5.74, 6) is 2.19. The van der Waals surface area contributed by atoms with E-state index in [4.69, 9.17) is 10.5 Å². The molecule has 138 valence electrons. The minimum Gasteiger partial charge on any atom is -0.494 e. The Hall–Kier alpha value is -2.76. The third-order valence-corrected chi connectivity index (χ3v) is 4.92. The molecule has 0 atom stereocenters. The van der Waals surface area contributed by atoms with Crippen LogP contribution in [-0.2, 0) is 0 Å². The molecule has 0 aliphatic heterocycles. The Kier molecular flexibility index (Phi) is 5.61. The highest BCUT2D eigenvalue weighted by Gasteiger charge is 2.19. The maximum absolute atomic E-state index is 5.64. The molecule has 0 radical (unpaired) electrons. The zero-order valence-corrected chi connectivity index (χ0v) is 15.5. The first-order chi connectivity index (χ1) is 12.6. The van der Waals surface area contributed by atoms with Crippen molar-refractivity contribution in [1.29, 1.82) is 0 Å². The average Bonchev–Trinajstić information content (AvgIpc) is 3.07. The molecule has 0 saturated heterocycles. The smallest absolute Gasteiger partial charge is 0.144 e. The standard InChI is InChI=1S/C20H27N5O/c1-13-7-9-15(10-8-13)22-14(2)23-17(11-12-21)19-16-5-4-6-18(26-3)20(16)25-24-19/h4-6,11-13,15,22H,2,7-10,21H2,1,3H3,(H,24,25)/b12-11-,23-17?. The van der Waals surface area contributed by atoms with Crippen LogP contribution in [0.15, 0.2) is 47.9 Å². The van der Waals surface area contributed by atoms with Gasteiger partial charge in [-0.2, -0.15) is 5.10 Å². The summed E-state index contributed by atoms with van der Waals surface area (Å²) >= 11 is 0. The van der Waals surface area contributed by atoms with Gasteiger partial charge < -0.3 is 15.8 Å². The number of fused-ring (bicyclic) bond motifs is 1. The van der Waals surface area contributed by atoms with E-state index < -0.39 is 0 Å². The van der Waals surface area contributed by atoms with Crippen molar-refractivity contribution >= 4 is 16.6 Å². The van der Waals surface area contributed by atoms with Gasteiger partial charge in [-0.05, 0) is 49.9 Å². The maximum atomic E-state index is 5.64. The lowest BCUT2D eigenvalue weighted by Gasteiger charge is -2.27. The SMILES string of the molecule is C=C(N=C(/C=C\N)c1n[nH]c2c(OC)cccc12)NC1CCC(C)CC1. The van der Waals surface area contributed by atoms with Crippen molar-refractivity contribution in [2.45, 2.75) is 38.6 Å². The molecule has 1 saturated carbocycles. The zero-order chi connectivity index (χ0) is 18.5. The van der Waals surface area contributed by atoms with Crippen LogP contribution in [0.1, 0.15) is 38.3 Å². The van der Waals surface area contributed by atoms with E-state index in [1.54, 1.807) is 13.2 Å². The second-order valence-electron chi connectivity index (χ2n) is 6.86. The number of aromatic nitrogens is 2. The normalized spacial score (nSPS) is 21.2. The van der Waals surface area contributed by atoms with E-state index in [0.717, 1.165) is 41.1 Å². The number of ether oxygens (including phenoxy) is 1. The molecule has 1 aliphatic carbocycles. The number of methoxy groups -OCH3 is 1. The fourth-order valence-corrected chi connectivity index (χ4v) is 3.46. The number of hydrogen-bond acceptors (Lipinski definition) is 5. The van der Waals surface area contributed by atoms with Crippen LogP contribution in [-0.4, -0.2) is 29.1 Å². The number of benzene rings is 1. The number of nitrogens with zero attached hydrogens (tertiary/aromatic N) is 2. The van der Waals surface area contributed by atoms with Gasteiger partial charge in [0, 0.05) is 11.4 Å². The molecule has 1 aromatic heterocycles. The Morgan fingerprint density at radius 1 is 1.38 bits per heavy atom. The monoisotopic (exact) mass is 353 g/mol. The highest BCUT2D eigenvalue weighted by molar-refractivity contribution is 6.15. The second-order valence-corrected chi connectivity index (χ2v) is 6.86. The summed E-state index contributed by atoms with van der Waals surface area (Å²) in [4.78, 5) is 4.65. The van der Waals surface area contributed by atoms with E-state index in [9.17, 15) is 0 Å². The molecule has 26 heavy (non-hydrogen) atoms. The van der Waals surface area contributed by atoms with Gasteiger partial charge in [0.15, 0.2) is 0 Å². The molecule has 4 N–H and O–H groups in total. The van der Waals surface area contributed by atoms with Crippen molar-refractivity contribution in [3.63, 3.8) is 0 Å². The van der Waals surface area contributed by atoms with Crippen molar-refractivity contribution in [3.8, 4) is 5.75 Å². The molecule has 0 spiro atoms. The van der Waals surface area contributed by atoms with E-state index in [2.05, 4.69) is 34.0 Å². The first-order valence-electron chi connectivity index (χ1n) is 9.06. The number of aromatic amines is 1. The number of nitrogens with one attached hydrogen (secondary N) is 2. The fourth-order valence-electron chi connectivity index (χ4n) is 3.46. The third kappa shape index (κ3) is 3.90. The predicted octanol–water partition coefficient (Wildman–Crippen LogP) is 3.47. The highest BCUT2D eigenvalue weighted by Crippen LogP contribution is 2.27. The first-order valence-corrected chi connectivity index (χ1v) is 9.06. The molecule has 0 bridgehead atoms. The van der Waals surface area contributed by atoms with Crippen LogP contribution < -0.4 is 15.8 Å². The van der Waals surface area contributed by atoms with E-state index in [-0.39, 0.29) is 0 Å². The Bertz CT molecular complexity index is 828. The third-order valence-electron chi connectivity index (χ3n) is 4.92. The van der Waals surface area contributed by atoms with Gasteiger partial charge in [-0.25, -0.2) is 4.99 Å². The molecule has 1 fully saturated rings. The summed E-state index contributed by atoms with van der Waals surface area (Å²) in [6.45, 7) is 6.39. The van der Waals surface area contributed by atoms with Gasteiger partial charge in [-0.1, -0.05) is 25.6 Å². The van der Waals surface area contributed by atoms with Crippen LogP contribution in [0.4, 0.5) is 0 Å². The number of hydrogen-bond donors (Lipinski definition) is 3. The van der Waals surface area contributed by atoms with Crippen LogP contribution >= 0.6 is 0 Å². The summed E-state index contributed by atoms with van der Waals surface area (Å²) in [5.41, 5.74) is 7.86. The van der Waals surface area contributed by atoms with Crippen molar-refractivity contribution in [2.24, 2.45) is 16.6 Å². The molecule has 6 nitrogen and oxygen atoms in total. The predicted molar refractivity (Wildman–Crippen MR) is 106 cm³/mol. The molecule has 2 aromatic rings. The summed E-state index contributed by atoms with van der Waals surface area (Å²) in [6, 6.07) is 6.24. The molecule has 1 aromatic carbocycles. The van der Waals surface area contributed by atoms with Crippen LogP contribution in [0, 0.1) is 5.92 Å². The van der Waals surface area contributed by atoms with E-state index in [0.29, 0.717) is 17.6 Å². The lowest BCUT2D eigenvalue weighted by Crippen LogP contribution is -2.31. The minimum absolute atomic E-state index is 0.432. The number of H-pyrrole nitrogens is 1. The van der Waals surface area contributed by atoms with E-state index >= 15 is 0 Å². The van der Waals surface area contributed by atoms with Crippen molar-refractivity contribution in [1.82, 2.24) is 15.5 Å². The number of nitrogens with two attached hydrogens (primary N) is 1. The lowest BCUT2D eigenvalue weighted by molar-refractivity contribution is 0.321. The van der Waals surface area contributed by atoms with Crippen molar-refractivity contribution in [3.05, 3.63) is 48.6 Å². The first kappa shape index (κ1) is 18.0. The molecule has 0 unspecified atom stereocenters. The molecule has 1 heterocycles. The van der Waals surface area contributed by atoms with E-state index in [1.807, 2.05) is 18.2 Å². The van der Waals surface area contributed by atoms with Crippen molar-refractivity contribution < 1.29 is 4.74 Å². The topological polar surface area (TPSA) is 88.3 Å². The molecular formula is C20H27N5O. The zero-order valence-electron chi connectivity index (χ0n) is 15.5. The molecule has 6 heteroatoms. The summed E-state index contributed by atoms with van der Waals surface area (Å²) in [6.07, 6.45) is 8.00. The Labute approximate surface area is 154 Å². The van der Waals surface area contributed by atoms with Gasteiger partial charge >= 0.3 is 0 Å². The van der Waals surface area contributed by atoms with Gasteiger partial charge in [0.2, 0.25) is 0 Å².